The lowest BCUT2D eigenvalue weighted by atomic mass is 9.98. The Morgan fingerprint density at radius 3 is 3.12 bits per heavy atom. The van der Waals surface area contributed by atoms with E-state index in [1.54, 1.807) is 17.5 Å². The van der Waals surface area contributed by atoms with Crippen molar-refractivity contribution < 1.29 is 4.79 Å². The fourth-order valence-electron chi connectivity index (χ4n) is 2.45. The summed E-state index contributed by atoms with van der Waals surface area (Å²) in [4.78, 5) is 17.7. The van der Waals surface area contributed by atoms with Gasteiger partial charge in [0.2, 0.25) is 0 Å². The Labute approximate surface area is 104 Å². The molecule has 3 rings (SSSR count). The maximum Gasteiger partial charge on any atom is 0.182 e. The van der Waals surface area contributed by atoms with Gasteiger partial charge in [0.05, 0.1) is 16.5 Å². The van der Waals surface area contributed by atoms with Gasteiger partial charge in [0, 0.05) is 6.20 Å². The highest BCUT2D eigenvalue weighted by atomic mass is 32.1. The normalized spacial score (nSPS) is 18.1. The van der Waals surface area contributed by atoms with Gasteiger partial charge in [-0.25, -0.2) is 0 Å². The van der Waals surface area contributed by atoms with Gasteiger partial charge in [-0.15, -0.1) is 11.3 Å². The molecule has 0 bridgehead atoms. The third kappa shape index (κ3) is 1.71. The number of thiophene rings is 1. The Morgan fingerprint density at radius 2 is 2.35 bits per heavy atom. The average Bonchev–Trinajstić information content (AvgIpc) is 2.94. The molecule has 17 heavy (non-hydrogen) atoms. The molecule has 0 spiro atoms. The Balaban J connectivity index is 1.98. The van der Waals surface area contributed by atoms with E-state index in [-0.39, 0.29) is 11.7 Å². The molecule has 0 N–H and O–H groups in total. The molecule has 0 fully saturated rings. The summed E-state index contributed by atoms with van der Waals surface area (Å²) in [6.45, 7) is 2.00. The lowest BCUT2D eigenvalue weighted by Crippen LogP contribution is -2.10. The van der Waals surface area contributed by atoms with Crippen LogP contribution < -0.4 is 0 Å². The highest BCUT2D eigenvalue weighted by molar-refractivity contribution is 7.12. The van der Waals surface area contributed by atoms with Gasteiger partial charge in [-0.2, -0.15) is 0 Å². The highest BCUT2D eigenvalue weighted by Gasteiger charge is 2.31. The number of rotatable bonds is 2. The first-order chi connectivity index (χ1) is 8.27. The van der Waals surface area contributed by atoms with Crippen molar-refractivity contribution >= 4 is 17.1 Å². The second-order valence-electron chi connectivity index (χ2n) is 4.44. The van der Waals surface area contributed by atoms with Gasteiger partial charge in [-0.1, -0.05) is 6.07 Å². The summed E-state index contributed by atoms with van der Waals surface area (Å²) >= 11 is 1.54. The zero-order chi connectivity index (χ0) is 11.8. The second kappa shape index (κ2) is 4.08. The second-order valence-corrected chi connectivity index (χ2v) is 5.35. The molecule has 0 saturated carbocycles. The van der Waals surface area contributed by atoms with Crippen molar-refractivity contribution in [3.8, 4) is 0 Å². The molecular formula is C14H13NOS. The molecule has 2 aromatic heterocycles. The number of hydrogen-bond acceptors (Lipinski definition) is 3. The zero-order valence-corrected chi connectivity index (χ0v) is 10.5. The summed E-state index contributed by atoms with van der Waals surface area (Å²) in [5.74, 6) is 0.221. The summed E-state index contributed by atoms with van der Waals surface area (Å²) in [7, 11) is 0. The van der Waals surface area contributed by atoms with Crippen LogP contribution in [-0.2, 0) is 6.42 Å². The first-order valence-corrected chi connectivity index (χ1v) is 6.67. The first kappa shape index (κ1) is 10.7. The van der Waals surface area contributed by atoms with Gasteiger partial charge in [0.1, 0.15) is 0 Å². The predicted octanol–water partition coefficient (Wildman–Crippen LogP) is 3.36. The molecule has 0 saturated heterocycles. The molecule has 0 amide bonds. The van der Waals surface area contributed by atoms with Crippen LogP contribution in [0.15, 0.2) is 29.8 Å². The smallest absolute Gasteiger partial charge is 0.182 e. The van der Waals surface area contributed by atoms with Crippen molar-refractivity contribution in [2.45, 2.75) is 25.7 Å². The van der Waals surface area contributed by atoms with E-state index in [2.05, 4.69) is 11.1 Å². The summed E-state index contributed by atoms with van der Waals surface area (Å²) in [6, 6.07) is 6.03. The van der Waals surface area contributed by atoms with Crippen LogP contribution >= 0.6 is 11.3 Å². The zero-order valence-electron chi connectivity index (χ0n) is 9.64. The molecule has 0 radical (unpaired) electrons. The molecule has 1 unspecified atom stereocenters. The number of hydrogen-bond donors (Lipinski definition) is 0. The van der Waals surface area contributed by atoms with Gasteiger partial charge in [-0.3, -0.25) is 9.78 Å². The van der Waals surface area contributed by atoms with Crippen molar-refractivity contribution in [1.29, 1.82) is 0 Å². The fraction of sp³-hybridized carbons (Fsp3) is 0.286. The quantitative estimate of drug-likeness (QED) is 0.757. The number of aromatic nitrogens is 1. The Bertz CT molecular complexity index is 573. The average molecular weight is 243 g/mol. The van der Waals surface area contributed by atoms with Crippen molar-refractivity contribution in [2.75, 3.05) is 0 Å². The van der Waals surface area contributed by atoms with Gasteiger partial charge in [-0.05, 0) is 48.4 Å². The molecule has 2 heterocycles. The molecule has 2 nitrogen and oxygen atoms in total. The molecule has 86 valence electrons. The number of aryl methyl sites for hydroxylation is 2. The molecule has 0 aliphatic heterocycles. The fourth-order valence-corrected chi connectivity index (χ4v) is 3.37. The number of ketones is 1. The minimum atomic E-state index is -0.0245. The van der Waals surface area contributed by atoms with Crippen LogP contribution in [0.25, 0.3) is 0 Å². The van der Waals surface area contributed by atoms with Crippen molar-refractivity contribution in [3.05, 3.63) is 51.5 Å². The lowest BCUT2D eigenvalue weighted by Gasteiger charge is -2.08. The van der Waals surface area contributed by atoms with Crippen LogP contribution in [0.3, 0.4) is 0 Å². The van der Waals surface area contributed by atoms with E-state index in [9.17, 15) is 4.79 Å². The van der Waals surface area contributed by atoms with E-state index in [4.69, 9.17) is 0 Å². The van der Waals surface area contributed by atoms with E-state index in [1.807, 2.05) is 24.4 Å². The number of fused-ring (bicyclic) bond motifs is 1. The highest BCUT2D eigenvalue weighted by Crippen LogP contribution is 2.35. The van der Waals surface area contributed by atoms with E-state index in [1.165, 1.54) is 5.56 Å². The molecule has 3 heteroatoms. The van der Waals surface area contributed by atoms with Gasteiger partial charge in [0.25, 0.3) is 0 Å². The summed E-state index contributed by atoms with van der Waals surface area (Å²) < 4.78 is 0. The molecule has 1 aliphatic rings. The number of carbonyl (C=O) groups excluding carboxylic acids is 1. The van der Waals surface area contributed by atoms with Crippen LogP contribution in [0.4, 0.5) is 0 Å². The maximum atomic E-state index is 12.5. The minimum absolute atomic E-state index is 0.0245. The van der Waals surface area contributed by atoms with E-state index >= 15 is 0 Å². The van der Waals surface area contributed by atoms with Crippen molar-refractivity contribution in [3.63, 3.8) is 0 Å². The standard InChI is InChI=1S/C14H13NOS/c1-9-6-8-17-14(9)13(16)11-5-4-10-3-2-7-15-12(10)11/h2-3,6-8,11H,4-5H2,1H3. The summed E-state index contributed by atoms with van der Waals surface area (Å²) in [6.07, 6.45) is 3.66. The number of carbonyl (C=O) groups is 1. The predicted molar refractivity (Wildman–Crippen MR) is 68.7 cm³/mol. The topological polar surface area (TPSA) is 30.0 Å². The summed E-state index contributed by atoms with van der Waals surface area (Å²) in [5, 5.41) is 1.98. The largest absolute Gasteiger partial charge is 0.293 e. The number of nitrogens with zero attached hydrogens (tertiary/aromatic N) is 1. The maximum absolute atomic E-state index is 12.5. The van der Waals surface area contributed by atoms with Gasteiger partial charge < -0.3 is 0 Å². The molecule has 1 aliphatic carbocycles. The molecule has 1 atom stereocenters. The Morgan fingerprint density at radius 1 is 1.47 bits per heavy atom. The van der Waals surface area contributed by atoms with Crippen molar-refractivity contribution in [1.82, 2.24) is 4.98 Å². The minimum Gasteiger partial charge on any atom is -0.293 e. The van der Waals surface area contributed by atoms with Crippen molar-refractivity contribution in [2.24, 2.45) is 0 Å². The number of Topliss-reactive ketones (excluding diaryl/α,β-unsaturated/α-hetero) is 1. The third-order valence-corrected chi connectivity index (χ3v) is 4.39. The molecule has 0 aromatic carbocycles. The van der Waals surface area contributed by atoms with E-state index < -0.39 is 0 Å². The van der Waals surface area contributed by atoms with Crippen LogP contribution in [0.5, 0.6) is 0 Å². The van der Waals surface area contributed by atoms with E-state index in [0.29, 0.717) is 0 Å². The van der Waals surface area contributed by atoms with E-state index in [0.717, 1.165) is 29.0 Å². The van der Waals surface area contributed by atoms with Gasteiger partial charge in [0.15, 0.2) is 5.78 Å². The van der Waals surface area contributed by atoms with Crippen LogP contribution in [0.2, 0.25) is 0 Å². The lowest BCUT2D eigenvalue weighted by molar-refractivity contribution is 0.0961. The molecular weight excluding hydrogens is 230 g/mol. The van der Waals surface area contributed by atoms with Crippen LogP contribution in [-0.4, -0.2) is 10.8 Å². The van der Waals surface area contributed by atoms with Crippen LogP contribution in [0.1, 0.15) is 38.8 Å². The van der Waals surface area contributed by atoms with Gasteiger partial charge >= 0.3 is 0 Å². The Hall–Kier alpha value is -1.48. The monoisotopic (exact) mass is 243 g/mol. The SMILES string of the molecule is Cc1ccsc1C(=O)C1CCc2cccnc21. The number of pyridine rings is 1. The Kier molecular flexibility index (Phi) is 2.56. The molecule has 2 aromatic rings. The first-order valence-electron chi connectivity index (χ1n) is 5.79. The third-order valence-electron chi connectivity index (χ3n) is 3.36. The summed E-state index contributed by atoms with van der Waals surface area (Å²) in [5.41, 5.74) is 3.31. The van der Waals surface area contributed by atoms with Crippen LogP contribution in [0, 0.1) is 6.92 Å².